The largest absolute Gasteiger partial charge is 0.493 e. The van der Waals surface area contributed by atoms with Gasteiger partial charge in [-0.3, -0.25) is 4.79 Å². The number of amides is 1. The van der Waals surface area contributed by atoms with Crippen molar-refractivity contribution in [2.75, 3.05) is 19.0 Å². The topological polar surface area (TPSA) is 56.8 Å². The summed E-state index contributed by atoms with van der Waals surface area (Å²) in [5.74, 6) is 1.64. The summed E-state index contributed by atoms with van der Waals surface area (Å²) < 4.78 is 16.8. The van der Waals surface area contributed by atoms with Gasteiger partial charge in [-0.25, -0.2) is 0 Å². The van der Waals surface area contributed by atoms with Crippen LogP contribution in [0.25, 0.3) is 0 Å². The lowest BCUT2D eigenvalue weighted by molar-refractivity contribution is -0.118. The highest BCUT2D eigenvalue weighted by molar-refractivity contribution is 6.30. The highest BCUT2D eigenvalue weighted by atomic mass is 35.5. The molecule has 1 amide bonds. The summed E-state index contributed by atoms with van der Waals surface area (Å²) in [5, 5.41) is 3.43. The molecule has 1 aliphatic rings. The molecule has 6 heteroatoms. The van der Waals surface area contributed by atoms with Gasteiger partial charge >= 0.3 is 0 Å². The smallest absolute Gasteiger partial charge is 0.262 e. The van der Waals surface area contributed by atoms with Crippen molar-refractivity contribution in [2.24, 2.45) is 0 Å². The molecule has 0 spiro atoms. The van der Waals surface area contributed by atoms with Crippen molar-refractivity contribution >= 4 is 23.2 Å². The Bertz CT molecular complexity index is 742. The molecule has 0 aliphatic heterocycles. The fourth-order valence-electron chi connectivity index (χ4n) is 2.91. The first-order chi connectivity index (χ1) is 12.6. The minimum atomic E-state index is -0.253. The van der Waals surface area contributed by atoms with E-state index in [9.17, 15) is 4.79 Å². The van der Waals surface area contributed by atoms with E-state index in [0.29, 0.717) is 28.0 Å². The first-order valence-electron chi connectivity index (χ1n) is 8.67. The van der Waals surface area contributed by atoms with Gasteiger partial charge in [0, 0.05) is 16.8 Å². The van der Waals surface area contributed by atoms with Crippen molar-refractivity contribution in [3.63, 3.8) is 0 Å². The maximum atomic E-state index is 12.1. The summed E-state index contributed by atoms with van der Waals surface area (Å²) in [6.07, 6.45) is 4.68. The third kappa shape index (κ3) is 5.05. The van der Waals surface area contributed by atoms with Crippen LogP contribution in [-0.2, 0) is 4.79 Å². The number of rotatable bonds is 7. The normalized spacial score (nSPS) is 14.1. The molecule has 0 heterocycles. The van der Waals surface area contributed by atoms with Gasteiger partial charge in [0.25, 0.3) is 5.91 Å². The Morgan fingerprint density at radius 1 is 1.12 bits per heavy atom. The van der Waals surface area contributed by atoms with Crippen LogP contribution in [0.4, 0.5) is 5.69 Å². The lowest BCUT2D eigenvalue weighted by atomic mass is 10.2. The van der Waals surface area contributed by atoms with Crippen LogP contribution in [0.3, 0.4) is 0 Å². The summed E-state index contributed by atoms with van der Waals surface area (Å²) in [6.45, 7) is -0.0908. The molecule has 1 aliphatic carbocycles. The van der Waals surface area contributed by atoms with Gasteiger partial charge in [0.15, 0.2) is 18.1 Å². The van der Waals surface area contributed by atoms with E-state index in [1.54, 1.807) is 49.6 Å². The second-order valence-corrected chi connectivity index (χ2v) is 6.62. The SMILES string of the molecule is COc1ccc(NC(=O)COc2ccc(Cl)cc2)cc1OC1CCCC1. The van der Waals surface area contributed by atoms with Crippen molar-refractivity contribution in [3.05, 3.63) is 47.5 Å². The Hall–Kier alpha value is -2.40. The van der Waals surface area contributed by atoms with Crippen LogP contribution in [0.15, 0.2) is 42.5 Å². The standard InChI is InChI=1S/C20H22ClNO4/c1-24-18-11-8-15(12-19(18)26-17-4-2-3-5-17)22-20(23)13-25-16-9-6-14(21)7-10-16/h6-12,17H,2-5,13H2,1H3,(H,22,23). The Labute approximate surface area is 158 Å². The number of carbonyl (C=O) groups excluding carboxylic acids is 1. The fraction of sp³-hybridized carbons (Fsp3) is 0.350. The van der Waals surface area contributed by atoms with E-state index < -0.39 is 0 Å². The molecular formula is C20H22ClNO4. The third-order valence-corrected chi connectivity index (χ3v) is 4.48. The predicted molar refractivity (Wildman–Crippen MR) is 101 cm³/mol. The van der Waals surface area contributed by atoms with E-state index in [1.165, 1.54) is 12.8 Å². The van der Waals surface area contributed by atoms with Crippen LogP contribution in [0.1, 0.15) is 25.7 Å². The molecule has 26 heavy (non-hydrogen) atoms. The number of halogens is 1. The minimum absolute atomic E-state index is 0.0908. The van der Waals surface area contributed by atoms with Gasteiger partial charge in [0.1, 0.15) is 5.75 Å². The molecule has 5 nitrogen and oxygen atoms in total. The minimum Gasteiger partial charge on any atom is -0.493 e. The highest BCUT2D eigenvalue weighted by Gasteiger charge is 2.19. The molecule has 0 aromatic heterocycles. The molecule has 0 unspecified atom stereocenters. The Morgan fingerprint density at radius 3 is 2.54 bits per heavy atom. The highest BCUT2D eigenvalue weighted by Crippen LogP contribution is 2.33. The molecule has 1 N–H and O–H groups in total. The first-order valence-corrected chi connectivity index (χ1v) is 9.05. The fourth-order valence-corrected chi connectivity index (χ4v) is 3.04. The number of ether oxygens (including phenoxy) is 3. The van der Waals surface area contributed by atoms with Crippen LogP contribution >= 0.6 is 11.6 Å². The van der Waals surface area contributed by atoms with Crippen LogP contribution in [0, 0.1) is 0 Å². The Morgan fingerprint density at radius 2 is 1.85 bits per heavy atom. The predicted octanol–water partition coefficient (Wildman–Crippen LogP) is 4.69. The van der Waals surface area contributed by atoms with Gasteiger partial charge in [-0.2, -0.15) is 0 Å². The zero-order valence-corrected chi connectivity index (χ0v) is 15.4. The number of hydrogen-bond donors (Lipinski definition) is 1. The molecule has 0 saturated heterocycles. The molecular weight excluding hydrogens is 354 g/mol. The van der Waals surface area contributed by atoms with Crippen molar-refractivity contribution in [1.82, 2.24) is 0 Å². The summed E-state index contributed by atoms with van der Waals surface area (Å²) in [4.78, 5) is 12.1. The number of benzene rings is 2. The molecule has 1 saturated carbocycles. The quantitative estimate of drug-likeness (QED) is 0.762. The zero-order chi connectivity index (χ0) is 18.4. The van der Waals surface area contributed by atoms with Crippen LogP contribution in [0.5, 0.6) is 17.2 Å². The number of methoxy groups -OCH3 is 1. The molecule has 0 atom stereocenters. The Balaban J connectivity index is 1.59. The first kappa shape index (κ1) is 18.4. The van der Waals surface area contributed by atoms with Crippen LogP contribution in [-0.4, -0.2) is 25.7 Å². The number of nitrogens with one attached hydrogen (secondary N) is 1. The van der Waals surface area contributed by atoms with Crippen LogP contribution < -0.4 is 19.5 Å². The maximum absolute atomic E-state index is 12.1. The maximum Gasteiger partial charge on any atom is 0.262 e. The van der Waals surface area contributed by atoms with E-state index in [4.69, 9.17) is 25.8 Å². The average molecular weight is 376 g/mol. The molecule has 1 fully saturated rings. The molecule has 2 aromatic carbocycles. The number of hydrogen-bond acceptors (Lipinski definition) is 4. The molecule has 138 valence electrons. The van der Waals surface area contributed by atoms with E-state index in [0.717, 1.165) is 12.8 Å². The molecule has 0 radical (unpaired) electrons. The van der Waals surface area contributed by atoms with Gasteiger partial charge in [-0.15, -0.1) is 0 Å². The summed E-state index contributed by atoms with van der Waals surface area (Å²) >= 11 is 5.83. The van der Waals surface area contributed by atoms with Gasteiger partial charge in [0.05, 0.1) is 13.2 Å². The number of anilines is 1. The van der Waals surface area contributed by atoms with Crippen molar-refractivity contribution < 1.29 is 19.0 Å². The second kappa shape index (κ2) is 8.81. The van der Waals surface area contributed by atoms with Crippen molar-refractivity contribution in [2.45, 2.75) is 31.8 Å². The Kier molecular flexibility index (Phi) is 6.23. The lowest BCUT2D eigenvalue weighted by Gasteiger charge is -2.17. The summed E-state index contributed by atoms with van der Waals surface area (Å²) in [5.41, 5.74) is 0.642. The van der Waals surface area contributed by atoms with E-state index in [-0.39, 0.29) is 18.6 Å². The van der Waals surface area contributed by atoms with E-state index in [2.05, 4.69) is 5.32 Å². The summed E-state index contributed by atoms with van der Waals surface area (Å²) in [6, 6.07) is 12.2. The average Bonchev–Trinajstić information content (AvgIpc) is 3.15. The monoisotopic (exact) mass is 375 g/mol. The molecule has 2 aromatic rings. The third-order valence-electron chi connectivity index (χ3n) is 4.23. The van der Waals surface area contributed by atoms with Crippen molar-refractivity contribution in [1.29, 1.82) is 0 Å². The van der Waals surface area contributed by atoms with Gasteiger partial charge in [0.2, 0.25) is 0 Å². The second-order valence-electron chi connectivity index (χ2n) is 6.18. The molecule has 3 rings (SSSR count). The number of carbonyl (C=O) groups is 1. The zero-order valence-electron chi connectivity index (χ0n) is 14.7. The lowest BCUT2D eigenvalue weighted by Crippen LogP contribution is -2.20. The van der Waals surface area contributed by atoms with Gasteiger partial charge in [-0.05, 0) is 62.1 Å². The van der Waals surface area contributed by atoms with Crippen molar-refractivity contribution in [3.8, 4) is 17.2 Å². The summed E-state index contributed by atoms with van der Waals surface area (Å²) in [7, 11) is 1.61. The van der Waals surface area contributed by atoms with E-state index >= 15 is 0 Å². The van der Waals surface area contributed by atoms with Gasteiger partial charge in [-0.1, -0.05) is 11.6 Å². The molecule has 0 bridgehead atoms. The van der Waals surface area contributed by atoms with Gasteiger partial charge < -0.3 is 19.5 Å². The van der Waals surface area contributed by atoms with E-state index in [1.807, 2.05) is 0 Å². The van der Waals surface area contributed by atoms with Crippen LogP contribution in [0.2, 0.25) is 5.02 Å².